The van der Waals surface area contributed by atoms with Crippen LogP contribution in [0.2, 0.25) is 0 Å². The van der Waals surface area contributed by atoms with E-state index in [4.69, 9.17) is 5.73 Å². The molecule has 0 bridgehead atoms. The molecule has 0 saturated heterocycles. The number of carbonyl (C=O) groups is 1. The molecule has 3 N–H and O–H groups in total. The zero-order chi connectivity index (χ0) is 13.9. The van der Waals surface area contributed by atoms with Crippen molar-refractivity contribution in [2.24, 2.45) is 5.73 Å². The van der Waals surface area contributed by atoms with Gasteiger partial charge in [0.1, 0.15) is 5.82 Å². The number of hydrogen-bond donors (Lipinski definition) is 2. The highest BCUT2D eigenvalue weighted by Crippen LogP contribution is 2.25. The van der Waals surface area contributed by atoms with Gasteiger partial charge in [-0.2, -0.15) is 0 Å². The number of rotatable bonds is 8. The Morgan fingerprint density at radius 3 is 2.84 bits per heavy atom. The highest BCUT2D eigenvalue weighted by atomic mass is 16.1. The first-order valence-corrected chi connectivity index (χ1v) is 7.06. The molecule has 1 unspecified atom stereocenters. The Morgan fingerprint density at radius 2 is 2.32 bits per heavy atom. The quantitative estimate of drug-likeness (QED) is 0.696. The maximum Gasteiger partial charge on any atom is 0.237 e. The van der Waals surface area contributed by atoms with Crippen LogP contribution < -0.4 is 11.1 Å². The second kappa shape index (κ2) is 5.74. The molecule has 19 heavy (non-hydrogen) atoms. The maximum absolute atomic E-state index is 11.6. The van der Waals surface area contributed by atoms with Crippen molar-refractivity contribution < 1.29 is 4.79 Å². The molecular formula is C14H24N4O. The third-order valence-corrected chi connectivity index (χ3v) is 3.89. The summed E-state index contributed by atoms with van der Waals surface area (Å²) in [5, 5.41) is 3.38. The average Bonchev–Trinajstić information content (AvgIpc) is 3.06. The Bertz CT molecular complexity index is 438. The Hall–Kier alpha value is -1.36. The Morgan fingerprint density at radius 1 is 1.58 bits per heavy atom. The molecule has 1 aromatic heterocycles. The van der Waals surface area contributed by atoms with Crippen molar-refractivity contribution in [3.05, 3.63) is 18.2 Å². The Labute approximate surface area is 114 Å². The minimum Gasteiger partial charge on any atom is -0.368 e. The predicted molar refractivity (Wildman–Crippen MR) is 74.6 cm³/mol. The van der Waals surface area contributed by atoms with Crippen LogP contribution in [0.5, 0.6) is 0 Å². The number of aryl methyl sites for hydroxylation is 2. The summed E-state index contributed by atoms with van der Waals surface area (Å²) in [5.74, 6) is 0.798. The fourth-order valence-corrected chi connectivity index (χ4v) is 2.35. The van der Waals surface area contributed by atoms with E-state index in [0.717, 1.165) is 44.5 Å². The molecule has 5 nitrogen and oxygen atoms in total. The molecule has 1 aromatic rings. The first-order chi connectivity index (χ1) is 9.01. The fourth-order valence-electron chi connectivity index (χ4n) is 2.35. The first-order valence-electron chi connectivity index (χ1n) is 7.06. The number of nitrogens with two attached hydrogens (primary N) is 1. The number of nitrogens with zero attached hydrogens (tertiary/aromatic N) is 2. The average molecular weight is 264 g/mol. The largest absolute Gasteiger partial charge is 0.368 e. The lowest BCUT2D eigenvalue weighted by Crippen LogP contribution is -2.53. The van der Waals surface area contributed by atoms with Gasteiger partial charge in [0.05, 0.1) is 5.54 Å². The van der Waals surface area contributed by atoms with E-state index in [2.05, 4.69) is 14.9 Å². The van der Waals surface area contributed by atoms with Crippen molar-refractivity contribution in [1.82, 2.24) is 14.9 Å². The zero-order valence-electron chi connectivity index (χ0n) is 11.9. The van der Waals surface area contributed by atoms with Gasteiger partial charge < -0.3 is 15.6 Å². The summed E-state index contributed by atoms with van der Waals surface area (Å²) in [5.41, 5.74) is 4.98. The molecule has 2 rings (SSSR count). The summed E-state index contributed by atoms with van der Waals surface area (Å²) >= 11 is 0. The third-order valence-electron chi connectivity index (χ3n) is 3.89. The minimum atomic E-state index is -0.550. The SMILES string of the molecule is Cc1nccn1CCCCC(C)(NC1CC1)C(N)=O. The van der Waals surface area contributed by atoms with Gasteiger partial charge in [-0.1, -0.05) is 0 Å². The molecule has 106 valence electrons. The number of unbranched alkanes of at least 4 members (excludes halogenated alkanes) is 1. The van der Waals surface area contributed by atoms with E-state index < -0.39 is 5.54 Å². The molecule has 1 amide bonds. The summed E-state index contributed by atoms with van der Waals surface area (Å²) in [6.07, 6.45) is 8.95. The van der Waals surface area contributed by atoms with Crippen molar-refractivity contribution >= 4 is 5.91 Å². The van der Waals surface area contributed by atoms with Crippen molar-refractivity contribution in [3.63, 3.8) is 0 Å². The van der Waals surface area contributed by atoms with E-state index in [-0.39, 0.29) is 5.91 Å². The topological polar surface area (TPSA) is 72.9 Å². The lowest BCUT2D eigenvalue weighted by molar-refractivity contribution is -0.124. The minimum absolute atomic E-state index is 0.238. The first kappa shape index (κ1) is 14.1. The molecular weight excluding hydrogens is 240 g/mol. The molecule has 1 aliphatic rings. The van der Waals surface area contributed by atoms with Crippen LogP contribution in [0.3, 0.4) is 0 Å². The molecule has 1 heterocycles. The third kappa shape index (κ3) is 3.80. The second-order valence-electron chi connectivity index (χ2n) is 5.74. The normalized spacial score (nSPS) is 18.2. The fraction of sp³-hybridized carbons (Fsp3) is 0.714. The van der Waals surface area contributed by atoms with Crippen LogP contribution in [0.1, 0.15) is 44.9 Å². The van der Waals surface area contributed by atoms with E-state index in [9.17, 15) is 4.79 Å². The van der Waals surface area contributed by atoms with Gasteiger partial charge in [0, 0.05) is 25.0 Å². The Balaban J connectivity index is 1.76. The summed E-state index contributed by atoms with van der Waals surface area (Å²) in [6.45, 7) is 4.88. The number of primary amides is 1. The molecule has 0 aromatic carbocycles. The summed E-state index contributed by atoms with van der Waals surface area (Å²) in [7, 11) is 0. The summed E-state index contributed by atoms with van der Waals surface area (Å²) < 4.78 is 2.13. The van der Waals surface area contributed by atoms with Crippen LogP contribution in [0.15, 0.2) is 12.4 Å². The molecule has 0 aliphatic heterocycles. The van der Waals surface area contributed by atoms with E-state index in [1.807, 2.05) is 26.2 Å². The van der Waals surface area contributed by atoms with E-state index in [0.29, 0.717) is 6.04 Å². The van der Waals surface area contributed by atoms with Crippen LogP contribution in [-0.2, 0) is 11.3 Å². The molecule has 0 radical (unpaired) electrons. The molecule has 1 aliphatic carbocycles. The number of aromatic nitrogens is 2. The number of nitrogens with one attached hydrogen (secondary N) is 1. The smallest absolute Gasteiger partial charge is 0.237 e. The lowest BCUT2D eigenvalue weighted by atomic mass is 9.93. The van der Waals surface area contributed by atoms with Gasteiger partial charge in [-0.15, -0.1) is 0 Å². The number of imidazole rings is 1. The van der Waals surface area contributed by atoms with E-state index >= 15 is 0 Å². The van der Waals surface area contributed by atoms with Gasteiger partial charge in [-0.25, -0.2) is 4.98 Å². The highest BCUT2D eigenvalue weighted by molar-refractivity contribution is 5.84. The van der Waals surface area contributed by atoms with Gasteiger partial charge in [0.2, 0.25) is 5.91 Å². The molecule has 1 fully saturated rings. The molecule has 5 heteroatoms. The van der Waals surface area contributed by atoms with Gasteiger partial charge in [-0.3, -0.25) is 4.79 Å². The highest BCUT2D eigenvalue weighted by Gasteiger charge is 2.36. The van der Waals surface area contributed by atoms with E-state index in [1.54, 1.807) is 0 Å². The maximum atomic E-state index is 11.6. The zero-order valence-corrected chi connectivity index (χ0v) is 11.9. The van der Waals surface area contributed by atoms with Crippen molar-refractivity contribution in [3.8, 4) is 0 Å². The van der Waals surface area contributed by atoms with Crippen LogP contribution >= 0.6 is 0 Å². The molecule has 1 saturated carbocycles. The predicted octanol–water partition coefficient (Wildman–Crippen LogP) is 1.36. The van der Waals surface area contributed by atoms with Crippen LogP contribution in [0.4, 0.5) is 0 Å². The monoisotopic (exact) mass is 264 g/mol. The Kier molecular flexibility index (Phi) is 4.24. The van der Waals surface area contributed by atoms with Crippen molar-refractivity contribution in [1.29, 1.82) is 0 Å². The van der Waals surface area contributed by atoms with Crippen molar-refractivity contribution in [2.45, 2.75) is 64.1 Å². The van der Waals surface area contributed by atoms with Crippen LogP contribution in [0, 0.1) is 6.92 Å². The van der Waals surface area contributed by atoms with Crippen LogP contribution in [0.25, 0.3) is 0 Å². The number of hydrogen-bond acceptors (Lipinski definition) is 3. The van der Waals surface area contributed by atoms with E-state index in [1.165, 1.54) is 0 Å². The second-order valence-corrected chi connectivity index (χ2v) is 5.74. The molecule has 1 atom stereocenters. The summed E-state index contributed by atoms with van der Waals surface area (Å²) in [6, 6.07) is 0.494. The van der Waals surface area contributed by atoms with Crippen molar-refractivity contribution in [2.75, 3.05) is 0 Å². The van der Waals surface area contributed by atoms with Gasteiger partial charge >= 0.3 is 0 Å². The van der Waals surface area contributed by atoms with Crippen LogP contribution in [-0.4, -0.2) is 27.0 Å². The number of carbonyl (C=O) groups excluding carboxylic acids is 1. The molecule has 0 spiro atoms. The number of amides is 1. The van der Waals surface area contributed by atoms with Gasteiger partial charge in [-0.05, 0) is 46.0 Å². The standard InChI is InChI=1S/C14H24N4O/c1-11-16-8-10-18(11)9-4-3-7-14(2,13(15)19)17-12-5-6-12/h8,10,12,17H,3-7,9H2,1-2H3,(H2,15,19). The lowest BCUT2D eigenvalue weighted by Gasteiger charge is -2.27. The van der Waals surface area contributed by atoms with Gasteiger partial charge in [0.25, 0.3) is 0 Å². The van der Waals surface area contributed by atoms with Gasteiger partial charge in [0.15, 0.2) is 0 Å². The summed E-state index contributed by atoms with van der Waals surface area (Å²) in [4.78, 5) is 15.8.